The van der Waals surface area contributed by atoms with Gasteiger partial charge in [-0.2, -0.15) is 0 Å². The van der Waals surface area contributed by atoms with E-state index in [0.29, 0.717) is 6.42 Å². The average Bonchev–Trinajstić information content (AvgIpc) is 2.55. The van der Waals surface area contributed by atoms with Crippen molar-refractivity contribution >= 4 is 15.7 Å². The summed E-state index contributed by atoms with van der Waals surface area (Å²) in [6.45, 7) is 5.51. The molecule has 0 radical (unpaired) electrons. The Balaban J connectivity index is 2.03. The predicted octanol–water partition coefficient (Wildman–Crippen LogP) is 3.21. The van der Waals surface area contributed by atoms with Crippen molar-refractivity contribution in [1.82, 2.24) is 4.72 Å². The number of nitro benzene ring substituents is 1. The van der Waals surface area contributed by atoms with Crippen molar-refractivity contribution in [1.29, 1.82) is 0 Å². The first-order chi connectivity index (χ1) is 12.2. The molecule has 0 aliphatic heterocycles. The van der Waals surface area contributed by atoms with Crippen LogP contribution in [0, 0.1) is 17.0 Å². The van der Waals surface area contributed by atoms with E-state index in [1.807, 2.05) is 38.1 Å². The fourth-order valence-electron chi connectivity index (χ4n) is 2.51. The third-order valence-electron chi connectivity index (χ3n) is 3.74. The van der Waals surface area contributed by atoms with E-state index in [2.05, 4.69) is 4.72 Å². The van der Waals surface area contributed by atoms with Gasteiger partial charge in [0, 0.05) is 18.2 Å². The summed E-state index contributed by atoms with van der Waals surface area (Å²) in [6, 6.07) is 11.5. The van der Waals surface area contributed by atoms with E-state index in [9.17, 15) is 18.5 Å². The standard InChI is InChI=1S/C18H22N2O5S/c1-13(2)25-16-9-7-15(8-10-16)11-12-19-26(23,24)18-6-4-5-17(14(18)3)20(21)22/h4-10,13,19H,11-12H2,1-3H3. The van der Waals surface area contributed by atoms with Gasteiger partial charge in [-0.05, 0) is 51.0 Å². The first-order valence-corrected chi connectivity index (χ1v) is 9.68. The van der Waals surface area contributed by atoms with Gasteiger partial charge in [-0.15, -0.1) is 0 Å². The summed E-state index contributed by atoms with van der Waals surface area (Å²) in [5, 5.41) is 11.0. The molecule has 0 saturated carbocycles. The van der Waals surface area contributed by atoms with Crippen LogP contribution >= 0.6 is 0 Å². The van der Waals surface area contributed by atoms with Crippen molar-refractivity contribution in [2.75, 3.05) is 6.54 Å². The second kappa shape index (κ2) is 8.29. The molecule has 0 aliphatic rings. The lowest BCUT2D eigenvalue weighted by Gasteiger charge is -2.11. The summed E-state index contributed by atoms with van der Waals surface area (Å²) >= 11 is 0. The average molecular weight is 378 g/mol. The normalized spacial score (nSPS) is 11.5. The Bertz CT molecular complexity index is 877. The molecule has 0 saturated heterocycles. The van der Waals surface area contributed by atoms with Crippen molar-refractivity contribution in [3.8, 4) is 5.75 Å². The quantitative estimate of drug-likeness (QED) is 0.562. The van der Waals surface area contributed by atoms with Crippen LogP contribution in [0.2, 0.25) is 0 Å². The van der Waals surface area contributed by atoms with Crippen LogP contribution in [0.15, 0.2) is 47.4 Å². The smallest absolute Gasteiger partial charge is 0.273 e. The summed E-state index contributed by atoms with van der Waals surface area (Å²) in [5.41, 5.74) is 0.869. The first kappa shape index (κ1) is 19.9. The predicted molar refractivity (Wildman–Crippen MR) is 98.9 cm³/mol. The number of hydrogen-bond donors (Lipinski definition) is 1. The SMILES string of the molecule is Cc1c([N+](=O)[O-])cccc1S(=O)(=O)NCCc1ccc(OC(C)C)cc1. The highest BCUT2D eigenvalue weighted by Gasteiger charge is 2.22. The molecule has 7 nitrogen and oxygen atoms in total. The van der Waals surface area contributed by atoms with Gasteiger partial charge in [-0.25, -0.2) is 13.1 Å². The Labute approximate surface area is 153 Å². The zero-order chi connectivity index (χ0) is 19.3. The molecule has 0 amide bonds. The summed E-state index contributed by atoms with van der Waals surface area (Å²) < 4.78 is 32.9. The van der Waals surface area contributed by atoms with E-state index in [-0.39, 0.29) is 28.8 Å². The lowest BCUT2D eigenvalue weighted by atomic mass is 10.1. The van der Waals surface area contributed by atoms with E-state index < -0.39 is 14.9 Å². The minimum absolute atomic E-state index is 0.0765. The largest absolute Gasteiger partial charge is 0.491 e. The molecule has 0 heterocycles. The molecule has 8 heteroatoms. The fourth-order valence-corrected chi connectivity index (χ4v) is 3.80. The maximum atomic E-state index is 12.4. The third-order valence-corrected chi connectivity index (χ3v) is 5.35. The first-order valence-electron chi connectivity index (χ1n) is 8.20. The van der Waals surface area contributed by atoms with Crippen LogP contribution in [0.5, 0.6) is 5.75 Å². The maximum absolute atomic E-state index is 12.4. The van der Waals surface area contributed by atoms with Crippen LogP contribution in [-0.2, 0) is 16.4 Å². The molecular weight excluding hydrogens is 356 g/mol. The number of nitrogens with one attached hydrogen (secondary N) is 1. The number of sulfonamides is 1. The Kier molecular flexibility index (Phi) is 6.33. The van der Waals surface area contributed by atoms with Gasteiger partial charge >= 0.3 is 0 Å². The minimum atomic E-state index is -3.82. The molecule has 0 bridgehead atoms. The van der Waals surface area contributed by atoms with Gasteiger partial charge in [-0.1, -0.05) is 18.2 Å². The molecule has 2 aromatic rings. The lowest BCUT2D eigenvalue weighted by molar-refractivity contribution is -0.385. The molecule has 2 rings (SSSR count). The van der Waals surface area contributed by atoms with Crippen LogP contribution < -0.4 is 9.46 Å². The van der Waals surface area contributed by atoms with Crippen LogP contribution in [0.4, 0.5) is 5.69 Å². The second-order valence-corrected chi connectivity index (χ2v) is 7.85. The van der Waals surface area contributed by atoms with Gasteiger partial charge in [-0.3, -0.25) is 10.1 Å². The Morgan fingerprint density at radius 3 is 2.38 bits per heavy atom. The Hall–Kier alpha value is -2.45. The summed E-state index contributed by atoms with van der Waals surface area (Å²) in [4.78, 5) is 10.3. The van der Waals surface area contributed by atoms with Gasteiger partial charge in [0.2, 0.25) is 10.0 Å². The maximum Gasteiger partial charge on any atom is 0.273 e. The van der Waals surface area contributed by atoms with Gasteiger partial charge in [0.1, 0.15) is 5.75 Å². The van der Waals surface area contributed by atoms with Crippen LogP contribution in [0.25, 0.3) is 0 Å². The molecule has 0 aromatic heterocycles. The molecule has 1 N–H and O–H groups in total. The Morgan fingerprint density at radius 2 is 1.81 bits per heavy atom. The summed E-state index contributed by atoms with van der Waals surface area (Å²) in [6.07, 6.45) is 0.584. The van der Waals surface area contributed by atoms with Crippen LogP contribution in [0.3, 0.4) is 0 Å². The number of benzene rings is 2. The highest BCUT2D eigenvalue weighted by Crippen LogP contribution is 2.24. The van der Waals surface area contributed by atoms with Gasteiger partial charge in [0.25, 0.3) is 5.69 Å². The number of rotatable bonds is 8. The second-order valence-electron chi connectivity index (χ2n) is 6.12. The van der Waals surface area contributed by atoms with Crippen LogP contribution in [0.1, 0.15) is 25.0 Å². The van der Waals surface area contributed by atoms with E-state index in [4.69, 9.17) is 4.74 Å². The van der Waals surface area contributed by atoms with E-state index in [0.717, 1.165) is 11.3 Å². The molecule has 26 heavy (non-hydrogen) atoms. The number of nitrogens with zero attached hydrogens (tertiary/aromatic N) is 1. The van der Waals surface area contributed by atoms with E-state index in [1.165, 1.54) is 25.1 Å². The highest BCUT2D eigenvalue weighted by atomic mass is 32.2. The molecule has 140 valence electrons. The van der Waals surface area contributed by atoms with E-state index >= 15 is 0 Å². The van der Waals surface area contributed by atoms with Crippen molar-refractivity contribution in [3.05, 3.63) is 63.7 Å². The molecular formula is C18H22N2O5S. The molecule has 0 aliphatic carbocycles. The molecule has 0 fully saturated rings. The Morgan fingerprint density at radius 1 is 1.15 bits per heavy atom. The van der Waals surface area contributed by atoms with Crippen molar-refractivity contribution < 1.29 is 18.1 Å². The topological polar surface area (TPSA) is 98.5 Å². The summed E-state index contributed by atoms with van der Waals surface area (Å²) in [5.74, 6) is 0.761. The molecule has 0 spiro atoms. The third kappa shape index (κ3) is 5.03. The molecule has 0 atom stereocenters. The molecule has 0 unspecified atom stereocenters. The summed E-state index contributed by atoms with van der Waals surface area (Å²) in [7, 11) is -3.82. The van der Waals surface area contributed by atoms with Crippen molar-refractivity contribution in [2.24, 2.45) is 0 Å². The van der Waals surface area contributed by atoms with E-state index in [1.54, 1.807) is 0 Å². The molecule has 2 aromatic carbocycles. The van der Waals surface area contributed by atoms with Gasteiger partial charge in [0.05, 0.1) is 15.9 Å². The monoisotopic (exact) mass is 378 g/mol. The van der Waals surface area contributed by atoms with Crippen molar-refractivity contribution in [2.45, 2.75) is 38.2 Å². The van der Waals surface area contributed by atoms with Crippen molar-refractivity contribution in [3.63, 3.8) is 0 Å². The number of nitro groups is 1. The van der Waals surface area contributed by atoms with Gasteiger partial charge < -0.3 is 4.74 Å². The fraction of sp³-hybridized carbons (Fsp3) is 0.333. The number of hydrogen-bond acceptors (Lipinski definition) is 5. The van der Waals surface area contributed by atoms with Gasteiger partial charge in [0.15, 0.2) is 0 Å². The number of ether oxygens (including phenoxy) is 1. The zero-order valence-corrected chi connectivity index (χ0v) is 15.7. The van der Waals surface area contributed by atoms with Crippen LogP contribution in [-0.4, -0.2) is 26.0 Å². The highest BCUT2D eigenvalue weighted by molar-refractivity contribution is 7.89. The zero-order valence-electron chi connectivity index (χ0n) is 14.9. The minimum Gasteiger partial charge on any atom is -0.491 e. The lowest BCUT2D eigenvalue weighted by Crippen LogP contribution is -2.26.